The molecule has 1 aromatic heterocycles. The lowest BCUT2D eigenvalue weighted by Gasteiger charge is -2.29. The molecule has 2 heterocycles. The molecule has 2 amide bonds. The summed E-state index contributed by atoms with van der Waals surface area (Å²) in [6.07, 6.45) is 0. The first kappa shape index (κ1) is 18.0. The number of amides is 2. The molecule has 8 nitrogen and oxygen atoms in total. The largest absolute Gasteiger partial charge is 0.359 e. The Morgan fingerprint density at radius 1 is 1.14 bits per heavy atom. The summed E-state index contributed by atoms with van der Waals surface area (Å²) >= 11 is 6.37. The predicted molar refractivity (Wildman–Crippen MR) is 107 cm³/mol. The average Bonchev–Trinajstić information content (AvgIpc) is 2.68. The van der Waals surface area contributed by atoms with Gasteiger partial charge < -0.3 is 15.5 Å². The van der Waals surface area contributed by atoms with Gasteiger partial charge in [0.2, 0.25) is 5.91 Å². The van der Waals surface area contributed by atoms with Crippen LogP contribution in [0.5, 0.6) is 0 Å². The Morgan fingerprint density at radius 2 is 1.93 bits per heavy atom. The first-order chi connectivity index (χ1) is 13.5. The number of nitrogens with one attached hydrogen (secondary N) is 3. The van der Waals surface area contributed by atoms with Crippen LogP contribution >= 0.6 is 11.6 Å². The molecule has 0 bridgehead atoms. The van der Waals surface area contributed by atoms with E-state index in [4.69, 9.17) is 11.6 Å². The Kier molecular flexibility index (Phi) is 4.70. The highest BCUT2D eigenvalue weighted by Crippen LogP contribution is 2.29. The quantitative estimate of drug-likeness (QED) is 0.624. The molecule has 1 aliphatic rings. The van der Waals surface area contributed by atoms with E-state index in [9.17, 15) is 14.4 Å². The number of piperazine rings is 1. The summed E-state index contributed by atoms with van der Waals surface area (Å²) in [7, 11) is 0. The van der Waals surface area contributed by atoms with Crippen LogP contribution in [0.25, 0.3) is 10.8 Å². The number of aromatic nitrogens is 2. The second-order valence-electron chi connectivity index (χ2n) is 6.34. The maximum Gasteiger partial charge on any atom is 0.276 e. The Balaban J connectivity index is 1.59. The lowest BCUT2D eigenvalue weighted by atomic mass is 10.1. The summed E-state index contributed by atoms with van der Waals surface area (Å²) < 4.78 is 0. The lowest BCUT2D eigenvalue weighted by molar-refractivity contribution is -0.120. The van der Waals surface area contributed by atoms with Gasteiger partial charge in [-0.05, 0) is 24.3 Å². The van der Waals surface area contributed by atoms with Crippen LogP contribution in [0, 0.1) is 0 Å². The Labute approximate surface area is 164 Å². The third kappa shape index (κ3) is 3.41. The Morgan fingerprint density at radius 3 is 2.68 bits per heavy atom. The van der Waals surface area contributed by atoms with Crippen molar-refractivity contribution in [2.45, 2.75) is 0 Å². The molecule has 28 heavy (non-hydrogen) atoms. The molecule has 4 rings (SSSR count). The lowest BCUT2D eigenvalue weighted by Crippen LogP contribution is -2.47. The number of nitrogens with zero attached hydrogens (tertiary/aromatic N) is 2. The Hall–Kier alpha value is -3.39. The monoisotopic (exact) mass is 397 g/mol. The molecule has 9 heteroatoms. The van der Waals surface area contributed by atoms with Crippen molar-refractivity contribution in [3.05, 3.63) is 63.5 Å². The summed E-state index contributed by atoms with van der Waals surface area (Å²) in [5, 5.41) is 13.0. The van der Waals surface area contributed by atoms with Gasteiger partial charge in [0.25, 0.3) is 11.5 Å². The van der Waals surface area contributed by atoms with E-state index in [2.05, 4.69) is 20.8 Å². The fraction of sp³-hybridized carbons (Fsp3) is 0.158. The van der Waals surface area contributed by atoms with Crippen LogP contribution in [0.3, 0.4) is 0 Å². The maximum absolute atomic E-state index is 12.7. The van der Waals surface area contributed by atoms with Crippen molar-refractivity contribution in [1.29, 1.82) is 0 Å². The van der Waals surface area contributed by atoms with Gasteiger partial charge in [0.1, 0.15) is 0 Å². The second-order valence-corrected chi connectivity index (χ2v) is 6.75. The van der Waals surface area contributed by atoms with E-state index < -0.39 is 5.91 Å². The van der Waals surface area contributed by atoms with Crippen LogP contribution < -0.4 is 21.1 Å². The molecule has 0 radical (unpaired) electrons. The minimum absolute atomic E-state index is 0.0595. The molecule has 1 fully saturated rings. The number of halogens is 1. The zero-order valence-corrected chi connectivity index (χ0v) is 15.4. The number of H-pyrrole nitrogens is 1. The van der Waals surface area contributed by atoms with E-state index in [1.807, 2.05) is 4.90 Å². The summed E-state index contributed by atoms with van der Waals surface area (Å²) in [6, 6.07) is 11.8. The van der Waals surface area contributed by atoms with Crippen LogP contribution in [-0.2, 0) is 4.79 Å². The first-order valence-electron chi connectivity index (χ1n) is 8.63. The molecule has 0 saturated carbocycles. The van der Waals surface area contributed by atoms with Crippen molar-refractivity contribution in [3.63, 3.8) is 0 Å². The van der Waals surface area contributed by atoms with Gasteiger partial charge in [-0.15, -0.1) is 0 Å². The molecule has 0 spiro atoms. The van der Waals surface area contributed by atoms with E-state index in [0.717, 1.165) is 5.69 Å². The molecule has 0 unspecified atom stereocenters. The predicted octanol–water partition coefficient (Wildman–Crippen LogP) is 1.76. The van der Waals surface area contributed by atoms with Crippen molar-refractivity contribution in [2.24, 2.45) is 0 Å². The fourth-order valence-corrected chi connectivity index (χ4v) is 3.46. The third-order valence-corrected chi connectivity index (χ3v) is 4.80. The highest BCUT2D eigenvalue weighted by Gasteiger charge is 2.19. The summed E-state index contributed by atoms with van der Waals surface area (Å²) in [6.45, 7) is 1.45. The second kappa shape index (κ2) is 7.32. The number of carbonyl (C=O) groups is 2. The average molecular weight is 398 g/mol. The summed E-state index contributed by atoms with van der Waals surface area (Å²) in [5.74, 6) is -0.524. The number of anilines is 2. The normalized spacial score (nSPS) is 14.0. The topological polar surface area (TPSA) is 107 Å². The van der Waals surface area contributed by atoms with E-state index in [-0.39, 0.29) is 23.7 Å². The number of benzene rings is 2. The first-order valence-corrected chi connectivity index (χ1v) is 9.01. The number of rotatable bonds is 3. The molecule has 0 atom stereocenters. The van der Waals surface area contributed by atoms with Gasteiger partial charge in [-0.25, -0.2) is 5.10 Å². The van der Waals surface area contributed by atoms with E-state index >= 15 is 0 Å². The number of hydrogen-bond acceptors (Lipinski definition) is 5. The maximum atomic E-state index is 12.7. The van der Waals surface area contributed by atoms with E-state index in [1.165, 1.54) is 0 Å². The van der Waals surface area contributed by atoms with Crippen LogP contribution in [0.15, 0.2) is 47.3 Å². The zero-order valence-electron chi connectivity index (χ0n) is 14.7. The molecular formula is C19H16ClN5O3. The van der Waals surface area contributed by atoms with Gasteiger partial charge in [0.05, 0.1) is 22.6 Å². The van der Waals surface area contributed by atoms with Crippen LogP contribution in [0.1, 0.15) is 10.5 Å². The minimum Gasteiger partial charge on any atom is -0.359 e. The van der Waals surface area contributed by atoms with Crippen molar-refractivity contribution >= 4 is 45.6 Å². The molecule has 1 aliphatic heterocycles. The standard InChI is InChI=1S/C19H16ClN5O3/c20-14-9-11(5-6-15(14)25-8-7-21-16(26)10-25)22-19(28)17-12-3-1-2-4-13(12)18(27)24-23-17/h1-6,9H,7-8,10H2,(H,21,26)(H,22,28)(H,24,27). The van der Waals surface area contributed by atoms with Gasteiger partial charge >= 0.3 is 0 Å². The summed E-state index contributed by atoms with van der Waals surface area (Å²) in [5.41, 5.74) is 0.965. The Bertz CT molecular complexity index is 1140. The number of aromatic amines is 1. The van der Waals surface area contributed by atoms with Crippen molar-refractivity contribution in [1.82, 2.24) is 15.5 Å². The van der Waals surface area contributed by atoms with Crippen molar-refractivity contribution in [3.8, 4) is 0 Å². The van der Waals surface area contributed by atoms with E-state index in [1.54, 1.807) is 42.5 Å². The van der Waals surface area contributed by atoms with Crippen molar-refractivity contribution < 1.29 is 9.59 Å². The highest BCUT2D eigenvalue weighted by molar-refractivity contribution is 6.33. The van der Waals surface area contributed by atoms with Gasteiger partial charge in [-0.3, -0.25) is 14.4 Å². The molecular weight excluding hydrogens is 382 g/mol. The number of carbonyl (C=O) groups excluding carboxylic acids is 2. The third-order valence-electron chi connectivity index (χ3n) is 4.50. The molecule has 2 aromatic carbocycles. The van der Waals surface area contributed by atoms with Gasteiger partial charge in [-0.2, -0.15) is 5.10 Å². The molecule has 0 aliphatic carbocycles. The fourth-order valence-electron chi connectivity index (χ4n) is 3.16. The van der Waals surface area contributed by atoms with Crippen LogP contribution in [-0.4, -0.2) is 41.6 Å². The van der Waals surface area contributed by atoms with Gasteiger partial charge in [-0.1, -0.05) is 29.8 Å². The summed E-state index contributed by atoms with van der Waals surface area (Å²) in [4.78, 5) is 38.0. The van der Waals surface area contributed by atoms with Crippen LogP contribution in [0.4, 0.5) is 11.4 Å². The van der Waals surface area contributed by atoms with E-state index in [0.29, 0.717) is 34.6 Å². The van der Waals surface area contributed by atoms with Crippen molar-refractivity contribution in [2.75, 3.05) is 29.9 Å². The highest BCUT2D eigenvalue weighted by atomic mass is 35.5. The van der Waals surface area contributed by atoms with Crippen LogP contribution in [0.2, 0.25) is 5.02 Å². The molecule has 1 saturated heterocycles. The molecule has 3 N–H and O–H groups in total. The molecule has 3 aromatic rings. The van der Waals surface area contributed by atoms with Gasteiger partial charge in [0.15, 0.2) is 5.69 Å². The zero-order chi connectivity index (χ0) is 19.7. The smallest absolute Gasteiger partial charge is 0.276 e. The minimum atomic E-state index is -0.464. The number of hydrogen-bond donors (Lipinski definition) is 3. The number of fused-ring (bicyclic) bond motifs is 1. The van der Waals surface area contributed by atoms with Gasteiger partial charge in [0, 0.05) is 24.2 Å². The SMILES string of the molecule is O=C1CN(c2ccc(NC(=O)c3n[nH]c(=O)c4ccccc34)cc2Cl)CCN1. The molecule has 142 valence electrons.